The van der Waals surface area contributed by atoms with Gasteiger partial charge in [0.15, 0.2) is 6.29 Å². The number of rotatable bonds is 4. The van der Waals surface area contributed by atoms with E-state index in [2.05, 4.69) is 30.7 Å². The van der Waals surface area contributed by atoms with Crippen LogP contribution in [0.3, 0.4) is 0 Å². The van der Waals surface area contributed by atoms with E-state index in [4.69, 9.17) is 11.6 Å². The van der Waals surface area contributed by atoms with Gasteiger partial charge in [0.2, 0.25) is 0 Å². The van der Waals surface area contributed by atoms with E-state index in [1.165, 1.54) is 0 Å². The molecule has 1 atom stereocenters. The molecular formula is C12H18ClN3O. The van der Waals surface area contributed by atoms with Gasteiger partial charge in [0.05, 0.1) is 5.56 Å². The van der Waals surface area contributed by atoms with Gasteiger partial charge in [0.25, 0.3) is 0 Å². The lowest BCUT2D eigenvalue weighted by molar-refractivity contribution is 0.112. The van der Waals surface area contributed by atoms with Crippen molar-refractivity contribution < 1.29 is 4.79 Å². The van der Waals surface area contributed by atoms with Gasteiger partial charge < -0.3 is 4.90 Å². The van der Waals surface area contributed by atoms with Gasteiger partial charge in [0.1, 0.15) is 16.8 Å². The average Bonchev–Trinajstić information content (AvgIpc) is 2.25. The topological polar surface area (TPSA) is 46.1 Å². The molecule has 0 saturated carbocycles. The molecule has 17 heavy (non-hydrogen) atoms. The van der Waals surface area contributed by atoms with Gasteiger partial charge in [-0.1, -0.05) is 25.4 Å². The lowest BCUT2D eigenvalue weighted by atomic mass is 10.0. The normalized spacial score (nSPS) is 12.6. The summed E-state index contributed by atoms with van der Waals surface area (Å²) in [4.78, 5) is 21.3. The summed E-state index contributed by atoms with van der Waals surface area (Å²) in [5.41, 5.74) is 0.354. The van der Waals surface area contributed by atoms with Crippen molar-refractivity contribution in [3.8, 4) is 0 Å². The zero-order chi connectivity index (χ0) is 13.2. The maximum Gasteiger partial charge on any atom is 0.156 e. The van der Waals surface area contributed by atoms with E-state index in [1.54, 1.807) is 6.92 Å². The molecule has 0 spiro atoms. The number of aromatic nitrogens is 2. The van der Waals surface area contributed by atoms with Crippen molar-refractivity contribution in [1.82, 2.24) is 9.97 Å². The zero-order valence-corrected chi connectivity index (χ0v) is 11.6. The third-order valence-electron chi connectivity index (χ3n) is 3.02. The van der Waals surface area contributed by atoms with Crippen molar-refractivity contribution in [3.05, 3.63) is 16.5 Å². The predicted molar refractivity (Wildman–Crippen MR) is 69.9 cm³/mol. The van der Waals surface area contributed by atoms with Crippen LogP contribution in [-0.4, -0.2) is 29.3 Å². The fraction of sp³-hybridized carbons (Fsp3) is 0.583. The molecule has 1 unspecified atom stereocenters. The predicted octanol–water partition coefficient (Wildman–Crippen LogP) is 2.73. The number of nitrogens with zero attached hydrogens (tertiary/aromatic N) is 3. The molecule has 1 aromatic heterocycles. The number of hydrogen-bond acceptors (Lipinski definition) is 4. The molecule has 1 heterocycles. The van der Waals surface area contributed by atoms with Crippen LogP contribution in [0.2, 0.25) is 5.15 Å². The second-order valence-corrected chi connectivity index (χ2v) is 4.87. The monoisotopic (exact) mass is 255 g/mol. The van der Waals surface area contributed by atoms with Gasteiger partial charge in [-0.2, -0.15) is 0 Å². The lowest BCUT2D eigenvalue weighted by Gasteiger charge is -2.30. The number of halogens is 1. The Bertz CT molecular complexity index is 420. The highest BCUT2D eigenvalue weighted by atomic mass is 35.5. The van der Waals surface area contributed by atoms with Gasteiger partial charge in [0, 0.05) is 13.1 Å². The number of anilines is 1. The Kier molecular flexibility index (Phi) is 4.46. The Morgan fingerprint density at radius 3 is 2.35 bits per heavy atom. The SMILES string of the molecule is Cc1nc(Cl)c(C=O)c(N(C)C(C)C(C)C)n1. The summed E-state index contributed by atoms with van der Waals surface area (Å²) in [6, 6.07) is 0.263. The Balaban J connectivity index is 3.24. The Hall–Kier alpha value is -1.16. The van der Waals surface area contributed by atoms with Crippen LogP contribution in [0.5, 0.6) is 0 Å². The molecule has 5 heteroatoms. The molecule has 0 amide bonds. The van der Waals surface area contributed by atoms with Crippen LogP contribution >= 0.6 is 11.6 Å². The largest absolute Gasteiger partial charge is 0.356 e. The van der Waals surface area contributed by atoms with E-state index >= 15 is 0 Å². The van der Waals surface area contributed by atoms with Gasteiger partial charge in [-0.3, -0.25) is 4.79 Å². The highest BCUT2D eigenvalue weighted by Crippen LogP contribution is 2.24. The van der Waals surface area contributed by atoms with Crippen LogP contribution in [0.4, 0.5) is 5.82 Å². The quantitative estimate of drug-likeness (QED) is 0.613. The molecule has 1 aromatic rings. The lowest BCUT2D eigenvalue weighted by Crippen LogP contribution is -2.34. The van der Waals surface area contributed by atoms with Crippen LogP contribution in [0.25, 0.3) is 0 Å². The van der Waals surface area contributed by atoms with Crippen LogP contribution < -0.4 is 4.90 Å². The maximum atomic E-state index is 11.1. The van der Waals surface area contributed by atoms with Crippen molar-refractivity contribution in [2.75, 3.05) is 11.9 Å². The first-order chi connectivity index (χ1) is 7.88. The van der Waals surface area contributed by atoms with Gasteiger partial charge >= 0.3 is 0 Å². The summed E-state index contributed by atoms with van der Waals surface area (Å²) < 4.78 is 0. The zero-order valence-electron chi connectivity index (χ0n) is 10.9. The van der Waals surface area contributed by atoms with E-state index < -0.39 is 0 Å². The summed E-state index contributed by atoms with van der Waals surface area (Å²) in [7, 11) is 1.91. The highest BCUT2D eigenvalue weighted by Gasteiger charge is 2.20. The molecule has 0 aliphatic rings. The summed E-state index contributed by atoms with van der Waals surface area (Å²) in [5.74, 6) is 1.62. The van der Waals surface area contributed by atoms with E-state index in [9.17, 15) is 4.79 Å². The highest BCUT2D eigenvalue weighted by molar-refractivity contribution is 6.32. The summed E-state index contributed by atoms with van der Waals surface area (Å²) in [5, 5.41) is 0.213. The smallest absolute Gasteiger partial charge is 0.156 e. The van der Waals surface area contributed by atoms with E-state index in [0.717, 1.165) is 0 Å². The standard InChI is InChI=1S/C12H18ClN3O/c1-7(2)8(3)16(5)12-10(6-17)11(13)14-9(4)15-12/h6-8H,1-5H3. The molecular weight excluding hydrogens is 238 g/mol. The first-order valence-electron chi connectivity index (χ1n) is 5.60. The Morgan fingerprint density at radius 2 is 1.88 bits per heavy atom. The first kappa shape index (κ1) is 13.9. The summed E-state index contributed by atoms with van der Waals surface area (Å²) >= 11 is 5.95. The average molecular weight is 256 g/mol. The Morgan fingerprint density at radius 1 is 1.29 bits per heavy atom. The third-order valence-corrected chi connectivity index (χ3v) is 3.31. The van der Waals surface area contributed by atoms with E-state index in [-0.39, 0.29) is 11.2 Å². The van der Waals surface area contributed by atoms with Crippen LogP contribution in [0, 0.1) is 12.8 Å². The van der Waals surface area contributed by atoms with Gasteiger partial charge in [-0.25, -0.2) is 9.97 Å². The molecule has 1 rings (SSSR count). The minimum atomic E-state index is 0.213. The molecule has 0 bridgehead atoms. The molecule has 4 nitrogen and oxygen atoms in total. The third kappa shape index (κ3) is 2.94. The van der Waals surface area contributed by atoms with Crippen molar-refractivity contribution in [2.45, 2.75) is 33.7 Å². The van der Waals surface area contributed by atoms with Crippen molar-refractivity contribution >= 4 is 23.7 Å². The number of hydrogen-bond donors (Lipinski definition) is 0. The van der Waals surface area contributed by atoms with Crippen molar-refractivity contribution in [3.63, 3.8) is 0 Å². The number of aldehydes is 1. The molecule has 0 fully saturated rings. The minimum absolute atomic E-state index is 0.213. The Labute approximate surface area is 107 Å². The van der Waals surface area contributed by atoms with Gasteiger partial charge in [-0.15, -0.1) is 0 Å². The molecule has 0 N–H and O–H groups in total. The summed E-state index contributed by atoms with van der Waals surface area (Å²) in [6.45, 7) is 8.09. The van der Waals surface area contributed by atoms with E-state index in [0.29, 0.717) is 29.4 Å². The fourth-order valence-electron chi connectivity index (χ4n) is 1.54. The summed E-state index contributed by atoms with van der Waals surface area (Å²) in [6.07, 6.45) is 0.709. The number of carbonyl (C=O) groups excluding carboxylic acids is 1. The van der Waals surface area contributed by atoms with Crippen LogP contribution in [0.1, 0.15) is 37.0 Å². The molecule has 0 aliphatic carbocycles. The van der Waals surface area contributed by atoms with Crippen molar-refractivity contribution in [2.24, 2.45) is 5.92 Å². The van der Waals surface area contributed by atoms with Gasteiger partial charge in [-0.05, 0) is 19.8 Å². The molecule has 0 radical (unpaired) electrons. The molecule has 0 aliphatic heterocycles. The second-order valence-electron chi connectivity index (χ2n) is 4.51. The fourth-order valence-corrected chi connectivity index (χ4v) is 1.79. The second kappa shape index (κ2) is 5.45. The molecule has 94 valence electrons. The molecule has 0 aromatic carbocycles. The van der Waals surface area contributed by atoms with Crippen LogP contribution in [-0.2, 0) is 0 Å². The maximum absolute atomic E-state index is 11.1. The first-order valence-corrected chi connectivity index (χ1v) is 5.98. The van der Waals surface area contributed by atoms with E-state index in [1.807, 2.05) is 11.9 Å². The minimum Gasteiger partial charge on any atom is -0.356 e. The van der Waals surface area contributed by atoms with Crippen LogP contribution in [0.15, 0.2) is 0 Å². The number of aryl methyl sites for hydroxylation is 1. The van der Waals surface area contributed by atoms with Crippen molar-refractivity contribution in [1.29, 1.82) is 0 Å². The number of carbonyl (C=O) groups is 1. The molecule has 0 saturated heterocycles.